The summed E-state index contributed by atoms with van der Waals surface area (Å²) in [6.45, 7) is 4.57. The van der Waals surface area contributed by atoms with Crippen LogP contribution in [0.5, 0.6) is 0 Å². The summed E-state index contributed by atoms with van der Waals surface area (Å²) >= 11 is 0. The van der Waals surface area contributed by atoms with Crippen molar-refractivity contribution in [2.24, 2.45) is 0 Å². The van der Waals surface area contributed by atoms with Crippen molar-refractivity contribution in [1.29, 1.82) is 0 Å². The molecule has 1 aromatic heterocycles. The van der Waals surface area contributed by atoms with Crippen molar-refractivity contribution in [3.8, 4) is 11.1 Å². The average molecular weight is 333 g/mol. The minimum Gasteiger partial charge on any atom is -0.315 e. The highest BCUT2D eigenvalue weighted by atomic mass is 16.2. The van der Waals surface area contributed by atoms with E-state index in [-0.39, 0.29) is 5.91 Å². The Bertz CT molecular complexity index is 868. The number of rotatable bonds is 5. The van der Waals surface area contributed by atoms with Crippen LogP contribution in [0.25, 0.3) is 11.1 Å². The van der Waals surface area contributed by atoms with Crippen molar-refractivity contribution < 1.29 is 4.79 Å². The number of amides is 1. The lowest BCUT2D eigenvalue weighted by molar-refractivity contribution is -0.118. The normalized spacial score (nSPS) is 10.7. The van der Waals surface area contributed by atoms with E-state index in [0.29, 0.717) is 13.0 Å². The lowest BCUT2D eigenvalue weighted by Gasteiger charge is -2.21. The highest BCUT2D eigenvalue weighted by Gasteiger charge is 2.15. The van der Waals surface area contributed by atoms with Crippen LogP contribution < -0.4 is 4.90 Å². The van der Waals surface area contributed by atoms with E-state index in [9.17, 15) is 4.79 Å². The smallest absolute Gasteiger partial charge is 0.228 e. The number of nitrogens with zero attached hydrogens (tertiary/aromatic N) is 3. The molecule has 0 atom stereocenters. The van der Waals surface area contributed by atoms with Crippen LogP contribution in [-0.4, -0.2) is 22.7 Å². The zero-order chi connectivity index (χ0) is 17.8. The van der Waals surface area contributed by atoms with Crippen LogP contribution in [0.2, 0.25) is 0 Å². The Morgan fingerprint density at radius 2 is 1.72 bits per heavy atom. The number of anilines is 1. The molecule has 1 heterocycles. The largest absolute Gasteiger partial charge is 0.315 e. The fourth-order valence-corrected chi connectivity index (χ4v) is 3.03. The molecule has 3 rings (SSSR count). The maximum Gasteiger partial charge on any atom is 0.228 e. The van der Waals surface area contributed by atoms with E-state index in [2.05, 4.69) is 23.3 Å². The Kier molecular flexibility index (Phi) is 4.98. The van der Waals surface area contributed by atoms with Crippen LogP contribution in [0.1, 0.15) is 17.8 Å². The average Bonchev–Trinajstić information content (AvgIpc) is 2.97. The van der Waals surface area contributed by atoms with Crippen molar-refractivity contribution in [2.45, 2.75) is 26.8 Å². The molecule has 25 heavy (non-hydrogen) atoms. The first-order valence-electron chi connectivity index (χ1n) is 8.48. The van der Waals surface area contributed by atoms with E-state index in [1.54, 1.807) is 4.90 Å². The molecule has 3 aromatic rings. The topological polar surface area (TPSA) is 38.1 Å². The molecule has 4 heteroatoms. The number of benzene rings is 2. The van der Waals surface area contributed by atoms with E-state index in [1.807, 2.05) is 68.0 Å². The molecule has 0 spiro atoms. The number of hydrogen-bond acceptors (Lipinski definition) is 2. The number of carbonyl (C=O) groups excluding carboxylic acids is 1. The first kappa shape index (κ1) is 17.0. The van der Waals surface area contributed by atoms with Crippen LogP contribution in [0.3, 0.4) is 0 Å². The molecule has 0 saturated heterocycles. The lowest BCUT2D eigenvalue weighted by Crippen LogP contribution is -2.27. The predicted molar refractivity (Wildman–Crippen MR) is 102 cm³/mol. The van der Waals surface area contributed by atoms with E-state index < -0.39 is 0 Å². The number of aromatic nitrogens is 2. The molecule has 0 unspecified atom stereocenters. The number of carbonyl (C=O) groups is 1. The third-order valence-corrected chi connectivity index (χ3v) is 4.37. The third-order valence-electron chi connectivity index (χ3n) is 4.37. The van der Waals surface area contributed by atoms with Gasteiger partial charge in [-0.25, -0.2) is 0 Å². The van der Waals surface area contributed by atoms with Gasteiger partial charge in [-0.3, -0.25) is 9.48 Å². The maximum absolute atomic E-state index is 12.7. The highest BCUT2D eigenvalue weighted by molar-refractivity contribution is 5.97. The quantitative estimate of drug-likeness (QED) is 0.701. The molecule has 0 aliphatic carbocycles. The number of hydrogen-bond donors (Lipinski definition) is 0. The predicted octanol–water partition coefficient (Wildman–Crippen LogP) is 4.22. The summed E-state index contributed by atoms with van der Waals surface area (Å²) in [5.74, 6) is 0.0796. The van der Waals surface area contributed by atoms with Crippen LogP contribution >= 0.6 is 0 Å². The molecule has 1 amide bonds. The monoisotopic (exact) mass is 333 g/mol. The van der Waals surface area contributed by atoms with Gasteiger partial charge in [0.1, 0.15) is 0 Å². The standard InChI is InChI=1S/C21H23N3O/c1-16-15-17(2)24(22-16)14-13-21(25)23(3)20-12-8-7-11-19(20)18-9-5-4-6-10-18/h4-12,15H,13-14H2,1-3H3. The Morgan fingerprint density at radius 3 is 2.40 bits per heavy atom. The lowest BCUT2D eigenvalue weighted by atomic mass is 10.0. The zero-order valence-corrected chi connectivity index (χ0v) is 14.9. The van der Waals surface area contributed by atoms with Gasteiger partial charge in [-0.1, -0.05) is 48.5 Å². The van der Waals surface area contributed by atoms with Crippen LogP contribution in [0.4, 0.5) is 5.69 Å². The molecule has 0 N–H and O–H groups in total. The second-order valence-electron chi connectivity index (χ2n) is 6.24. The van der Waals surface area contributed by atoms with Gasteiger partial charge < -0.3 is 4.90 Å². The molecule has 128 valence electrons. The SMILES string of the molecule is Cc1cc(C)n(CCC(=O)N(C)c2ccccc2-c2ccccc2)n1. The summed E-state index contributed by atoms with van der Waals surface area (Å²) in [4.78, 5) is 14.4. The summed E-state index contributed by atoms with van der Waals surface area (Å²) in [6.07, 6.45) is 0.418. The van der Waals surface area contributed by atoms with Gasteiger partial charge in [-0.05, 0) is 31.5 Å². The van der Waals surface area contributed by atoms with Gasteiger partial charge in [0.15, 0.2) is 0 Å². The fourth-order valence-electron chi connectivity index (χ4n) is 3.03. The molecule has 0 radical (unpaired) electrons. The maximum atomic E-state index is 12.7. The van der Waals surface area contributed by atoms with Gasteiger partial charge in [0.2, 0.25) is 5.91 Å². The first-order valence-corrected chi connectivity index (χ1v) is 8.48. The second kappa shape index (κ2) is 7.34. The van der Waals surface area contributed by atoms with Crippen LogP contribution in [0, 0.1) is 13.8 Å². The Hall–Kier alpha value is -2.88. The minimum atomic E-state index is 0.0796. The molecule has 0 saturated carbocycles. The van der Waals surface area contributed by atoms with E-state index in [4.69, 9.17) is 0 Å². The molecular formula is C21H23N3O. The molecular weight excluding hydrogens is 310 g/mol. The van der Waals surface area contributed by atoms with E-state index in [1.165, 1.54) is 0 Å². The van der Waals surface area contributed by atoms with Crippen molar-refractivity contribution in [2.75, 3.05) is 11.9 Å². The summed E-state index contributed by atoms with van der Waals surface area (Å²) in [6, 6.07) is 20.2. The van der Waals surface area contributed by atoms with Crippen LogP contribution in [0.15, 0.2) is 60.7 Å². The van der Waals surface area contributed by atoms with Gasteiger partial charge >= 0.3 is 0 Å². The molecule has 0 bridgehead atoms. The van der Waals surface area contributed by atoms with Crippen LogP contribution in [-0.2, 0) is 11.3 Å². The third kappa shape index (κ3) is 3.79. The molecule has 2 aromatic carbocycles. The van der Waals surface area contributed by atoms with Gasteiger partial charge in [-0.15, -0.1) is 0 Å². The zero-order valence-electron chi connectivity index (χ0n) is 14.9. The summed E-state index contributed by atoms with van der Waals surface area (Å²) in [7, 11) is 1.84. The van der Waals surface area contributed by atoms with Gasteiger partial charge in [0.05, 0.1) is 11.4 Å². The molecule has 4 nitrogen and oxygen atoms in total. The molecule has 0 aliphatic heterocycles. The molecule has 0 aliphatic rings. The summed E-state index contributed by atoms with van der Waals surface area (Å²) in [5, 5.41) is 4.43. The fraction of sp³-hybridized carbons (Fsp3) is 0.238. The summed E-state index contributed by atoms with van der Waals surface area (Å²) in [5.41, 5.74) is 5.15. The van der Waals surface area contributed by atoms with Gasteiger partial charge in [0.25, 0.3) is 0 Å². The Balaban J connectivity index is 1.78. The number of para-hydroxylation sites is 1. The Labute approximate surface area is 148 Å². The second-order valence-corrected chi connectivity index (χ2v) is 6.24. The van der Waals surface area contributed by atoms with E-state index in [0.717, 1.165) is 28.2 Å². The van der Waals surface area contributed by atoms with Crippen molar-refractivity contribution in [3.63, 3.8) is 0 Å². The van der Waals surface area contributed by atoms with Crippen molar-refractivity contribution in [1.82, 2.24) is 9.78 Å². The molecule has 0 fully saturated rings. The van der Waals surface area contributed by atoms with Gasteiger partial charge in [-0.2, -0.15) is 5.10 Å². The highest BCUT2D eigenvalue weighted by Crippen LogP contribution is 2.30. The first-order chi connectivity index (χ1) is 12.1. The summed E-state index contributed by atoms with van der Waals surface area (Å²) < 4.78 is 1.89. The van der Waals surface area contributed by atoms with Crippen molar-refractivity contribution in [3.05, 3.63) is 72.1 Å². The van der Waals surface area contributed by atoms with Crippen molar-refractivity contribution >= 4 is 11.6 Å². The van der Waals surface area contributed by atoms with E-state index >= 15 is 0 Å². The van der Waals surface area contributed by atoms with Gasteiger partial charge in [0, 0.05) is 31.3 Å². The Morgan fingerprint density at radius 1 is 1.04 bits per heavy atom. The number of aryl methyl sites for hydroxylation is 3. The minimum absolute atomic E-state index is 0.0796.